The van der Waals surface area contributed by atoms with Gasteiger partial charge >= 0.3 is 0 Å². The first kappa shape index (κ1) is 8.30. The van der Waals surface area contributed by atoms with Crippen LogP contribution in [0.3, 0.4) is 0 Å². The molecule has 1 amide bonds. The highest BCUT2D eigenvalue weighted by Crippen LogP contribution is 2.25. The second kappa shape index (κ2) is 3.21. The molecule has 0 radical (unpaired) electrons. The summed E-state index contributed by atoms with van der Waals surface area (Å²) in [6, 6.07) is 8.56. The summed E-state index contributed by atoms with van der Waals surface area (Å²) < 4.78 is 0. The van der Waals surface area contributed by atoms with Crippen LogP contribution in [0.5, 0.6) is 0 Å². The van der Waals surface area contributed by atoms with Crippen molar-refractivity contribution in [1.82, 2.24) is 4.90 Å². The van der Waals surface area contributed by atoms with Gasteiger partial charge in [-0.25, -0.2) is 0 Å². The molecule has 1 aromatic carbocycles. The number of hydrogen-bond donors (Lipinski definition) is 0. The van der Waals surface area contributed by atoms with Gasteiger partial charge in [0.2, 0.25) is 6.41 Å². The van der Waals surface area contributed by atoms with E-state index in [1.165, 1.54) is 11.1 Å². The van der Waals surface area contributed by atoms with Gasteiger partial charge in [-0.05, 0) is 12.5 Å². The minimum atomic E-state index is 0.561. The summed E-state index contributed by atoms with van der Waals surface area (Å²) in [5.41, 5.74) is 2.64. The molecule has 1 heterocycles. The zero-order valence-electron chi connectivity index (χ0n) is 7.73. The van der Waals surface area contributed by atoms with Gasteiger partial charge in [0.05, 0.1) is 0 Å². The van der Waals surface area contributed by atoms with Crippen molar-refractivity contribution in [1.29, 1.82) is 0 Å². The standard InChI is InChI=1S/C11H13NO/c1-9-2-4-10(5-3-9)11-6-12(7-11)8-13/h2-5,8,11H,6-7H2,1H3. The Balaban J connectivity index is 2.03. The maximum absolute atomic E-state index is 10.3. The van der Waals surface area contributed by atoms with Crippen LogP contribution in [0.2, 0.25) is 0 Å². The van der Waals surface area contributed by atoms with E-state index in [0.29, 0.717) is 5.92 Å². The van der Waals surface area contributed by atoms with E-state index < -0.39 is 0 Å². The van der Waals surface area contributed by atoms with E-state index in [-0.39, 0.29) is 0 Å². The van der Waals surface area contributed by atoms with Gasteiger partial charge in [0.15, 0.2) is 0 Å². The lowest BCUT2D eigenvalue weighted by Gasteiger charge is -2.36. The van der Waals surface area contributed by atoms with Crippen LogP contribution in [0.25, 0.3) is 0 Å². The fourth-order valence-electron chi connectivity index (χ4n) is 1.65. The number of carbonyl (C=O) groups is 1. The highest BCUT2D eigenvalue weighted by molar-refractivity contribution is 5.50. The Labute approximate surface area is 78.2 Å². The van der Waals surface area contributed by atoms with Crippen LogP contribution in [0.4, 0.5) is 0 Å². The van der Waals surface area contributed by atoms with E-state index in [1.54, 1.807) is 4.90 Å². The van der Waals surface area contributed by atoms with Gasteiger partial charge in [0, 0.05) is 19.0 Å². The molecule has 1 aromatic rings. The molecule has 1 saturated heterocycles. The third-order valence-corrected chi connectivity index (χ3v) is 2.61. The number of nitrogens with zero attached hydrogens (tertiary/aromatic N) is 1. The molecule has 68 valence electrons. The van der Waals surface area contributed by atoms with E-state index in [9.17, 15) is 4.79 Å². The molecule has 13 heavy (non-hydrogen) atoms. The second-order valence-corrected chi connectivity index (χ2v) is 3.67. The molecule has 0 unspecified atom stereocenters. The van der Waals surface area contributed by atoms with Crippen molar-refractivity contribution >= 4 is 6.41 Å². The molecule has 0 aliphatic carbocycles. The molecule has 2 heteroatoms. The predicted molar refractivity (Wildman–Crippen MR) is 51.6 cm³/mol. The van der Waals surface area contributed by atoms with Crippen molar-refractivity contribution < 1.29 is 4.79 Å². The van der Waals surface area contributed by atoms with Crippen LogP contribution in [0.15, 0.2) is 24.3 Å². The highest BCUT2D eigenvalue weighted by Gasteiger charge is 2.26. The maximum Gasteiger partial charge on any atom is 0.209 e. The molecule has 2 nitrogen and oxygen atoms in total. The zero-order chi connectivity index (χ0) is 9.26. The number of amides is 1. The van der Waals surface area contributed by atoms with Crippen LogP contribution >= 0.6 is 0 Å². The Morgan fingerprint density at radius 3 is 2.46 bits per heavy atom. The van der Waals surface area contributed by atoms with Gasteiger partial charge in [-0.1, -0.05) is 29.8 Å². The van der Waals surface area contributed by atoms with Gasteiger partial charge in [-0.2, -0.15) is 0 Å². The molecule has 1 aliphatic heterocycles. The Bertz CT molecular complexity index is 298. The Hall–Kier alpha value is -1.31. The van der Waals surface area contributed by atoms with Crippen LogP contribution in [-0.4, -0.2) is 24.4 Å². The number of benzene rings is 1. The molecule has 1 fully saturated rings. The van der Waals surface area contributed by atoms with Crippen LogP contribution in [-0.2, 0) is 4.79 Å². The van der Waals surface area contributed by atoms with E-state index in [4.69, 9.17) is 0 Å². The molecule has 0 atom stereocenters. The highest BCUT2D eigenvalue weighted by atomic mass is 16.1. The normalized spacial score (nSPS) is 16.8. The van der Waals surface area contributed by atoms with Crippen LogP contribution < -0.4 is 0 Å². The van der Waals surface area contributed by atoms with Crippen molar-refractivity contribution in [2.75, 3.05) is 13.1 Å². The van der Waals surface area contributed by atoms with Gasteiger partial charge < -0.3 is 4.90 Å². The summed E-state index contributed by atoms with van der Waals surface area (Å²) in [5, 5.41) is 0. The predicted octanol–water partition coefficient (Wildman–Crippen LogP) is 1.55. The molecule has 0 N–H and O–H groups in total. The third-order valence-electron chi connectivity index (χ3n) is 2.61. The molecule has 0 saturated carbocycles. The fraction of sp³-hybridized carbons (Fsp3) is 0.364. The van der Waals surface area contributed by atoms with Gasteiger partial charge in [0.25, 0.3) is 0 Å². The van der Waals surface area contributed by atoms with Gasteiger partial charge in [0.1, 0.15) is 0 Å². The number of likely N-dealkylation sites (tertiary alicyclic amines) is 1. The molecule has 2 rings (SSSR count). The molecule has 0 bridgehead atoms. The minimum Gasteiger partial charge on any atom is -0.344 e. The zero-order valence-corrected chi connectivity index (χ0v) is 7.73. The van der Waals surface area contributed by atoms with Gasteiger partial charge in [-0.3, -0.25) is 4.79 Å². The quantitative estimate of drug-likeness (QED) is 0.624. The molecular weight excluding hydrogens is 162 g/mol. The minimum absolute atomic E-state index is 0.561. The van der Waals surface area contributed by atoms with E-state index in [2.05, 4.69) is 31.2 Å². The summed E-state index contributed by atoms with van der Waals surface area (Å²) in [4.78, 5) is 12.1. The average molecular weight is 175 g/mol. The van der Waals surface area contributed by atoms with Crippen molar-refractivity contribution in [2.24, 2.45) is 0 Å². The summed E-state index contributed by atoms with van der Waals surface area (Å²) in [6.07, 6.45) is 0.921. The number of hydrogen-bond acceptors (Lipinski definition) is 1. The van der Waals surface area contributed by atoms with Crippen LogP contribution in [0.1, 0.15) is 17.0 Å². The summed E-state index contributed by atoms with van der Waals surface area (Å²) in [7, 11) is 0. The Kier molecular flexibility index (Phi) is 2.05. The smallest absolute Gasteiger partial charge is 0.209 e. The number of aryl methyl sites for hydroxylation is 1. The fourth-order valence-corrected chi connectivity index (χ4v) is 1.65. The van der Waals surface area contributed by atoms with Crippen molar-refractivity contribution in [2.45, 2.75) is 12.8 Å². The summed E-state index contributed by atoms with van der Waals surface area (Å²) in [5.74, 6) is 0.561. The lowest BCUT2D eigenvalue weighted by Crippen LogP contribution is -2.43. The topological polar surface area (TPSA) is 20.3 Å². The second-order valence-electron chi connectivity index (χ2n) is 3.67. The SMILES string of the molecule is Cc1ccc(C2CN(C=O)C2)cc1. The first-order chi connectivity index (χ1) is 6.29. The summed E-state index contributed by atoms with van der Waals surface area (Å²) in [6.45, 7) is 3.85. The first-order valence-corrected chi connectivity index (χ1v) is 4.55. The molecule has 1 aliphatic rings. The van der Waals surface area contributed by atoms with Crippen LogP contribution in [0, 0.1) is 6.92 Å². The van der Waals surface area contributed by atoms with Gasteiger partial charge in [-0.15, -0.1) is 0 Å². The molecular formula is C11H13NO. The van der Waals surface area contributed by atoms with E-state index in [0.717, 1.165) is 19.5 Å². The Morgan fingerprint density at radius 2 is 1.92 bits per heavy atom. The number of rotatable bonds is 2. The Morgan fingerprint density at radius 1 is 1.31 bits per heavy atom. The molecule has 0 spiro atoms. The van der Waals surface area contributed by atoms with E-state index >= 15 is 0 Å². The summed E-state index contributed by atoms with van der Waals surface area (Å²) >= 11 is 0. The maximum atomic E-state index is 10.3. The van der Waals surface area contributed by atoms with Crippen molar-refractivity contribution in [3.8, 4) is 0 Å². The average Bonchev–Trinajstić information content (AvgIpc) is 2.06. The molecule has 0 aromatic heterocycles. The number of carbonyl (C=O) groups excluding carboxylic acids is 1. The third kappa shape index (κ3) is 1.57. The van der Waals surface area contributed by atoms with Crippen molar-refractivity contribution in [3.05, 3.63) is 35.4 Å². The van der Waals surface area contributed by atoms with Crippen molar-refractivity contribution in [3.63, 3.8) is 0 Å². The lowest BCUT2D eigenvalue weighted by atomic mass is 9.92. The first-order valence-electron chi connectivity index (χ1n) is 4.55. The lowest BCUT2D eigenvalue weighted by molar-refractivity contribution is -0.122. The monoisotopic (exact) mass is 175 g/mol. The van der Waals surface area contributed by atoms with E-state index in [1.807, 2.05) is 0 Å². The largest absolute Gasteiger partial charge is 0.344 e.